The number of hydrogen-bond acceptors (Lipinski definition) is 13. The van der Waals surface area contributed by atoms with Crippen LogP contribution >= 0.6 is 7.82 Å². The molecule has 32 heavy (non-hydrogen) atoms. The number of methoxy groups -OCH3 is 1. The molecule has 15 heteroatoms. The van der Waals surface area contributed by atoms with E-state index >= 15 is 0 Å². The van der Waals surface area contributed by atoms with Crippen molar-refractivity contribution in [2.75, 3.05) is 26.1 Å². The molecule has 2 aliphatic heterocycles. The van der Waals surface area contributed by atoms with Crippen molar-refractivity contribution in [3.05, 3.63) is 6.33 Å². The summed E-state index contributed by atoms with van der Waals surface area (Å²) in [6.45, 7) is 4.35. The summed E-state index contributed by atoms with van der Waals surface area (Å²) in [6.07, 6.45) is -2.78. The van der Waals surface area contributed by atoms with Crippen molar-refractivity contribution in [3.8, 4) is 5.88 Å². The molecule has 2 aromatic rings. The number of nitrogens with zero attached hydrogens (tertiary/aromatic N) is 4. The second-order valence-corrected chi connectivity index (χ2v) is 9.01. The van der Waals surface area contributed by atoms with Crippen LogP contribution in [0.5, 0.6) is 5.88 Å². The number of carbonyl (C=O) groups is 1. The van der Waals surface area contributed by atoms with Gasteiger partial charge in [0.1, 0.15) is 17.8 Å². The molecular formula is C17H24N5O9P. The first-order valence-electron chi connectivity index (χ1n) is 9.79. The lowest BCUT2D eigenvalue weighted by Gasteiger charge is -2.35. The molecule has 14 nitrogen and oxygen atoms in total. The standard InChI is InChI=1S/C17H24N5O9P/c1-5-27-14(23)8(2)30-32(25)28-6-9-11(31-32)17(3,24)15(29-9)22-7-19-10-12(22)20-16(18)21-13(10)26-4/h7-9,11,15,24H,5-6H2,1-4H3,(H2,18,20,21)/t8-,9-,11-,15-,17?,32?/m1/s1. The Labute approximate surface area is 182 Å². The number of rotatable bonds is 6. The van der Waals surface area contributed by atoms with E-state index in [0.717, 1.165) is 0 Å². The number of phosphoric acid groups is 1. The van der Waals surface area contributed by atoms with Crippen molar-refractivity contribution < 1.29 is 42.2 Å². The topological polar surface area (TPSA) is 179 Å². The molecule has 0 aromatic carbocycles. The Kier molecular flexibility index (Phi) is 5.86. The zero-order chi connectivity index (χ0) is 23.3. The summed E-state index contributed by atoms with van der Waals surface area (Å²) in [7, 11) is -2.79. The van der Waals surface area contributed by atoms with Gasteiger partial charge in [-0.2, -0.15) is 9.97 Å². The van der Waals surface area contributed by atoms with E-state index in [0.29, 0.717) is 5.52 Å². The van der Waals surface area contributed by atoms with Gasteiger partial charge in [-0.15, -0.1) is 0 Å². The lowest BCUT2D eigenvalue weighted by atomic mass is 9.96. The first kappa shape index (κ1) is 22.8. The quantitative estimate of drug-likeness (QED) is 0.439. The van der Waals surface area contributed by atoms with Crippen LogP contribution in [0, 0.1) is 0 Å². The molecule has 2 aromatic heterocycles. The number of aliphatic hydroxyl groups is 1. The number of hydrogen-bond donors (Lipinski definition) is 2. The molecule has 2 aliphatic rings. The molecule has 6 atom stereocenters. The van der Waals surface area contributed by atoms with Crippen molar-refractivity contribution in [1.29, 1.82) is 0 Å². The van der Waals surface area contributed by atoms with E-state index in [1.54, 1.807) is 6.92 Å². The highest BCUT2D eigenvalue weighted by Crippen LogP contribution is 2.59. The second-order valence-electron chi connectivity index (χ2n) is 7.44. The van der Waals surface area contributed by atoms with Gasteiger partial charge in [0.15, 0.2) is 23.5 Å². The second kappa shape index (κ2) is 8.21. The van der Waals surface area contributed by atoms with Crippen molar-refractivity contribution in [1.82, 2.24) is 19.5 Å². The number of carbonyl (C=O) groups excluding carboxylic acids is 1. The monoisotopic (exact) mass is 473 g/mol. The number of phosphoric ester groups is 1. The number of nitrogens with two attached hydrogens (primary N) is 1. The Morgan fingerprint density at radius 3 is 2.94 bits per heavy atom. The Morgan fingerprint density at radius 2 is 2.25 bits per heavy atom. The number of fused-ring (bicyclic) bond motifs is 2. The van der Waals surface area contributed by atoms with Crippen LogP contribution in [0.25, 0.3) is 11.2 Å². The predicted molar refractivity (Wildman–Crippen MR) is 106 cm³/mol. The molecule has 0 bridgehead atoms. The number of esters is 1. The zero-order valence-corrected chi connectivity index (χ0v) is 18.7. The number of imidazole rings is 1. The minimum atomic E-state index is -4.20. The molecule has 176 valence electrons. The molecule has 2 unspecified atom stereocenters. The van der Waals surface area contributed by atoms with Crippen molar-refractivity contribution >= 4 is 30.9 Å². The van der Waals surface area contributed by atoms with Gasteiger partial charge < -0.3 is 25.1 Å². The lowest BCUT2D eigenvalue weighted by Crippen LogP contribution is -2.48. The van der Waals surface area contributed by atoms with Gasteiger partial charge in [-0.05, 0) is 20.8 Å². The molecule has 4 rings (SSSR count). The van der Waals surface area contributed by atoms with Crippen LogP contribution in [0.2, 0.25) is 0 Å². The van der Waals surface area contributed by atoms with E-state index in [2.05, 4.69) is 15.0 Å². The van der Waals surface area contributed by atoms with Crippen molar-refractivity contribution in [3.63, 3.8) is 0 Å². The first-order valence-corrected chi connectivity index (χ1v) is 11.3. The summed E-state index contributed by atoms with van der Waals surface area (Å²) in [4.78, 5) is 24.2. The van der Waals surface area contributed by atoms with Crippen LogP contribution < -0.4 is 10.5 Å². The van der Waals surface area contributed by atoms with Gasteiger partial charge in [0.25, 0.3) is 0 Å². The van der Waals surface area contributed by atoms with Crippen molar-refractivity contribution in [2.45, 2.75) is 50.9 Å². The highest BCUT2D eigenvalue weighted by Gasteiger charge is 2.60. The maximum Gasteiger partial charge on any atom is 0.476 e. The summed E-state index contributed by atoms with van der Waals surface area (Å²) >= 11 is 0. The minimum Gasteiger partial charge on any atom is -0.479 e. The Hall–Kier alpha value is -2.35. The fraction of sp³-hybridized carbons (Fsp3) is 0.647. The highest BCUT2D eigenvalue weighted by molar-refractivity contribution is 7.48. The number of aromatic nitrogens is 4. The van der Waals surface area contributed by atoms with Gasteiger partial charge >= 0.3 is 13.8 Å². The van der Waals surface area contributed by atoms with Gasteiger partial charge in [0.2, 0.25) is 11.8 Å². The summed E-state index contributed by atoms with van der Waals surface area (Å²) in [6, 6.07) is 0. The van der Waals surface area contributed by atoms with Crippen LogP contribution in [0.15, 0.2) is 6.33 Å². The fourth-order valence-corrected chi connectivity index (χ4v) is 5.25. The number of ether oxygens (including phenoxy) is 3. The molecule has 2 saturated heterocycles. The Balaban J connectivity index is 1.60. The molecule has 0 saturated carbocycles. The lowest BCUT2D eigenvalue weighted by molar-refractivity contribution is -0.153. The van der Waals surface area contributed by atoms with Crippen molar-refractivity contribution in [2.24, 2.45) is 0 Å². The smallest absolute Gasteiger partial charge is 0.476 e. The predicted octanol–water partition coefficient (Wildman–Crippen LogP) is 0.557. The average molecular weight is 473 g/mol. The zero-order valence-electron chi connectivity index (χ0n) is 17.8. The van der Waals surface area contributed by atoms with Gasteiger partial charge in [0, 0.05) is 0 Å². The molecule has 0 radical (unpaired) electrons. The average Bonchev–Trinajstić information content (AvgIpc) is 3.25. The first-order chi connectivity index (χ1) is 15.1. The summed E-state index contributed by atoms with van der Waals surface area (Å²) in [5.41, 5.74) is 4.61. The molecular weight excluding hydrogens is 449 g/mol. The Morgan fingerprint density at radius 1 is 1.50 bits per heavy atom. The highest BCUT2D eigenvalue weighted by atomic mass is 31.2. The fourth-order valence-electron chi connectivity index (χ4n) is 3.65. The molecule has 4 heterocycles. The van der Waals surface area contributed by atoms with E-state index in [4.69, 9.17) is 33.5 Å². The molecule has 0 spiro atoms. The normalized spacial score (nSPS) is 33.1. The maximum absolute atomic E-state index is 13.0. The van der Waals surface area contributed by atoms with E-state index in [9.17, 15) is 14.5 Å². The maximum atomic E-state index is 13.0. The third kappa shape index (κ3) is 3.83. The van der Waals surface area contributed by atoms with Crippen LogP contribution in [-0.4, -0.2) is 74.8 Å². The van der Waals surface area contributed by atoms with E-state index < -0.39 is 43.9 Å². The molecule has 2 fully saturated rings. The Bertz CT molecular complexity index is 1080. The van der Waals surface area contributed by atoms with E-state index in [1.807, 2.05) is 0 Å². The third-order valence-electron chi connectivity index (χ3n) is 5.12. The van der Waals surface area contributed by atoms with Gasteiger partial charge in [-0.3, -0.25) is 18.1 Å². The SMILES string of the molecule is CCOC(=O)[C@@H](C)OP1(=O)OC[C@H]2O[C@@H](n3cnc4c(OC)nc(N)nc43)C(C)(O)[C@@H]2O1. The minimum absolute atomic E-state index is 0.0587. The van der Waals surface area contributed by atoms with Crippen LogP contribution in [0.3, 0.4) is 0 Å². The van der Waals surface area contributed by atoms with Crippen LogP contribution in [0.1, 0.15) is 27.0 Å². The van der Waals surface area contributed by atoms with Gasteiger partial charge in [-0.25, -0.2) is 14.3 Å². The summed E-state index contributed by atoms with van der Waals surface area (Å²) < 4.78 is 46.4. The molecule has 0 amide bonds. The van der Waals surface area contributed by atoms with E-state index in [-0.39, 0.29) is 30.7 Å². The van der Waals surface area contributed by atoms with Crippen LogP contribution in [0.4, 0.5) is 5.95 Å². The summed E-state index contributed by atoms with van der Waals surface area (Å²) in [5, 5.41) is 11.3. The van der Waals surface area contributed by atoms with E-state index in [1.165, 1.54) is 31.9 Å². The molecule has 3 N–H and O–H groups in total. The third-order valence-corrected chi connectivity index (χ3v) is 6.64. The van der Waals surface area contributed by atoms with Gasteiger partial charge in [0.05, 0.1) is 26.7 Å². The largest absolute Gasteiger partial charge is 0.479 e. The summed E-state index contributed by atoms with van der Waals surface area (Å²) in [5.74, 6) is -0.621. The van der Waals surface area contributed by atoms with Gasteiger partial charge in [-0.1, -0.05) is 0 Å². The molecule has 0 aliphatic carbocycles. The van der Waals surface area contributed by atoms with Crippen LogP contribution in [-0.2, 0) is 32.4 Å². The number of anilines is 1. The number of nitrogen functional groups attached to an aromatic ring is 1.